The predicted octanol–water partition coefficient (Wildman–Crippen LogP) is 3.96. The van der Waals surface area contributed by atoms with Gasteiger partial charge in [0.2, 0.25) is 8.32 Å². The second-order valence-electron chi connectivity index (χ2n) is 6.59. The van der Waals surface area contributed by atoms with Gasteiger partial charge >= 0.3 is 0 Å². The smallest absolute Gasteiger partial charge is 0.257 e. The van der Waals surface area contributed by atoms with E-state index in [-0.39, 0.29) is 5.91 Å². The van der Waals surface area contributed by atoms with Crippen LogP contribution in [0.1, 0.15) is 10.4 Å². The molecule has 3 nitrogen and oxygen atoms in total. The Labute approximate surface area is 128 Å². The van der Waals surface area contributed by atoms with Crippen LogP contribution in [0.4, 0.5) is 0 Å². The number of para-hydroxylation sites is 1. The van der Waals surface area contributed by atoms with Crippen molar-refractivity contribution >= 4 is 32.7 Å². The summed E-state index contributed by atoms with van der Waals surface area (Å²) in [6.07, 6.45) is 0.620. The third-order valence-corrected chi connectivity index (χ3v) is 4.91. The quantitative estimate of drug-likeness (QED) is 0.604. The third kappa shape index (κ3) is 5.68. The molecule has 0 aliphatic carbocycles. The summed E-state index contributed by atoms with van der Waals surface area (Å²) >= 11 is 6.33. The molecule has 1 rings (SSSR count). The Kier molecular flexibility index (Phi) is 5.46. The van der Waals surface area contributed by atoms with Gasteiger partial charge in [-0.25, -0.2) is 0 Å². The monoisotopic (exact) mass is 329 g/mol. The SMILES string of the molecule is CN(C[Si](C)(C)Cl)C(=O)c1ccccc1O[Si](C)(C)C. The molecule has 0 unspecified atom stereocenters. The van der Waals surface area contributed by atoms with Crippen LogP contribution in [-0.2, 0) is 0 Å². The fourth-order valence-corrected chi connectivity index (χ4v) is 4.55. The number of rotatable bonds is 5. The molecule has 1 amide bonds. The standard InChI is InChI=1S/C14H24ClNO2Si2/c1-16(11-20(5,6)15)14(17)12-9-7-8-10-13(12)18-19(2,3)4/h7-10H,11H2,1-6H3. The molecule has 0 aliphatic rings. The van der Waals surface area contributed by atoms with Gasteiger partial charge < -0.3 is 9.33 Å². The summed E-state index contributed by atoms with van der Waals surface area (Å²) in [5.41, 5.74) is 0.618. The van der Waals surface area contributed by atoms with Crippen LogP contribution < -0.4 is 4.43 Å². The number of halogens is 1. The van der Waals surface area contributed by atoms with Crippen molar-refractivity contribution in [1.29, 1.82) is 0 Å². The lowest BCUT2D eigenvalue weighted by Gasteiger charge is -2.26. The molecule has 112 valence electrons. The molecular weight excluding hydrogens is 306 g/mol. The van der Waals surface area contributed by atoms with Gasteiger partial charge in [-0.2, -0.15) is 11.1 Å². The number of hydrogen-bond donors (Lipinski definition) is 0. The summed E-state index contributed by atoms with van der Waals surface area (Å²) in [5, 5.41) is 0. The summed E-state index contributed by atoms with van der Waals surface area (Å²) in [5.74, 6) is 0.651. The average molecular weight is 330 g/mol. The second-order valence-corrected chi connectivity index (χ2v) is 17.8. The Balaban J connectivity index is 2.99. The molecule has 0 saturated heterocycles. The van der Waals surface area contributed by atoms with Gasteiger partial charge in [0.05, 0.1) is 5.56 Å². The van der Waals surface area contributed by atoms with Crippen molar-refractivity contribution in [3.05, 3.63) is 29.8 Å². The van der Waals surface area contributed by atoms with Gasteiger partial charge in [0.25, 0.3) is 5.91 Å². The Morgan fingerprint density at radius 1 is 1.20 bits per heavy atom. The first-order chi connectivity index (χ1) is 8.99. The highest BCUT2D eigenvalue weighted by Gasteiger charge is 2.26. The first kappa shape index (κ1) is 17.3. The summed E-state index contributed by atoms with van der Waals surface area (Å²) < 4.78 is 6.00. The molecule has 0 N–H and O–H groups in total. The Morgan fingerprint density at radius 3 is 2.25 bits per heavy atom. The van der Waals surface area contributed by atoms with Crippen LogP contribution in [0.25, 0.3) is 0 Å². The van der Waals surface area contributed by atoms with Crippen LogP contribution in [-0.4, -0.2) is 39.7 Å². The van der Waals surface area contributed by atoms with E-state index in [0.717, 1.165) is 0 Å². The molecule has 0 aromatic heterocycles. The molecule has 1 aromatic carbocycles. The summed E-state index contributed by atoms with van der Waals surface area (Å²) in [6, 6.07) is 7.44. The van der Waals surface area contributed by atoms with Gasteiger partial charge in [-0.15, -0.1) is 0 Å². The largest absolute Gasteiger partial charge is 0.544 e. The number of benzene rings is 1. The highest BCUT2D eigenvalue weighted by molar-refractivity contribution is 7.19. The van der Waals surface area contributed by atoms with Crippen molar-refractivity contribution in [3.63, 3.8) is 0 Å². The minimum absolute atomic E-state index is 0.0277. The normalized spacial score (nSPS) is 12.2. The maximum Gasteiger partial charge on any atom is 0.257 e. The maximum absolute atomic E-state index is 12.6. The summed E-state index contributed by atoms with van der Waals surface area (Å²) in [4.78, 5) is 14.3. The molecule has 6 heteroatoms. The molecule has 0 spiro atoms. The molecule has 0 radical (unpaired) electrons. The van der Waals surface area contributed by atoms with E-state index in [2.05, 4.69) is 19.6 Å². The second kappa shape index (κ2) is 6.32. The summed E-state index contributed by atoms with van der Waals surface area (Å²) in [6.45, 7) is 10.4. The molecular formula is C14H24ClNO2Si2. The van der Waals surface area contributed by atoms with Crippen molar-refractivity contribution in [3.8, 4) is 5.75 Å². The minimum Gasteiger partial charge on any atom is -0.544 e. The van der Waals surface area contributed by atoms with Gasteiger partial charge in [-0.3, -0.25) is 4.79 Å². The van der Waals surface area contributed by atoms with Crippen LogP contribution >= 0.6 is 11.1 Å². The average Bonchev–Trinajstić information content (AvgIpc) is 2.24. The van der Waals surface area contributed by atoms with Crippen molar-refractivity contribution in [1.82, 2.24) is 4.90 Å². The van der Waals surface area contributed by atoms with Crippen LogP contribution in [0.2, 0.25) is 32.7 Å². The lowest BCUT2D eigenvalue weighted by atomic mass is 10.2. The molecule has 0 atom stereocenters. The molecule has 0 saturated carbocycles. The highest BCUT2D eigenvalue weighted by Crippen LogP contribution is 2.23. The highest BCUT2D eigenvalue weighted by atomic mass is 35.6. The van der Waals surface area contributed by atoms with Crippen molar-refractivity contribution in [2.45, 2.75) is 32.7 Å². The fraction of sp³-hybridized carbons (Fsp3) is 0.500. The van der Waals surface area contributed by atoms with E-state index in [1.54, 1.807) is 11.9 Å². The molecule has 20 heavy (non-hydrogen) atoms. The molecule has 1 aromatic rings. The zero-order valence-electron chi connectivity index (χ0n) is 13.2. The van der Waals surface area contributed by atoms with Crippen LogP contribution in [0.15, 0.2) is 24.3 Å². The van der Waals surface area contributed by atoms with E-state index >= 15 is 0 Å². The maximum atomic E-state index is 12.6. The first-order valence-corrected chi connectivity index (χ1v) is 14.3. The predicted molar refractivity (Wildman–Crippen MR) is 90.7 cm³/mol. The molecule has 0 heterocycles. The zero-order chi connectivity index (χ0) is 15.6. The van der Waals surface area contributed by atoms with Crippen LogP contribution in [0, 0.1) is 0 Å². The van der Waals surface area contributed by atoms with Crippen molar-refractivity contribution < 1.29 is 9.22 Å². The van der Waals surface area contributed by atoms with E-state index in [0.29, 0.717) is 17.5 Å². The van der Waals surface area contributed by atoms with Gasteiger partial charge in [-0.1, -0.05) is 25.2 Å². The van der Waals surface area contributed by atoms with E-state index in [9.17, 15) is 4.79 Å². The van der Waals surface area contributed by atoms with Gasteiger partial charge in [0, 0.05) is 13.2 Å². The zero-order valence-corrected chi connectivity index (χ0v) is 15.9. The van der Waals surface area contributed by atoms with Crippen molar-refractivity contribution in [2.24, 2.45) is 0 Å². The van der Waals surface area contributed by atoms with Crippen molar-refractivity contribution in [2.75, 3.05) is 13.2 Å². The third-order valence-electron chi connectivity index (χ3n) is 2.49. The van der Waals surface area contributed by atoms with Crippen LogP contribution in [0.3, 0.4) is 0 Å². The van der Waals surface area contributed by atoms with Crippen LogP contribution in [0.5, 0.6) is 5.75 Å². The van der Waals surface area contributed by atoms with E-state index in [4.69, 9.17) is 15.5 Å². The minimum atomic E-state index is -1.83. The lowest BCUT2D eigenvalue weighted by molar-refractivity contribution is 0.0814. The lowest BCUT2D eigenvalue weighted by Crippen LogP contribution is -2.40. The summed E-state index contributed by atoms with van der Waals surface area (Å²) in [7, 11) is -1.78. The van der Waals surface area contributed by atoms with E-state index < -0.39 is 15.7 Å². The Hall–Kier alpha value is -0.786. The Morgan fingerprint density at radius 2 is 1.75 bits per heavy atom. The number of amides is 1. The number of carbonyl (C=O) groups is 1. The Bertz CT molecular complexity index is 481. The number of carbonyl (C=O) groups excluding carboxylic acids is 1. The van der Waals surface area contributed by atoms with Gasteiger partial charge in [-0.05, 0) is 31.8 Å². The van der Waals surface area contributed by atoms with Gasteiger partial charge in [0.15, 0.2) is 7.38 Å². The molecule has 0 bridgehead atoms. The molecule has 0 fully saturated rings. The number of nitrogens with zero attached hydrogens (tertiary/aromatic N) is 1. The number of hydrogen-bond acceptors (Lipinski definition) is 2. The van der Waals surface area contributed by atoms with E-state index in [1.807, 2.05) is 37.4 Å². The fourth-order valence-electron chi connectivity index (χ4n) is 1.90. The van der Waals surface area contributed by atoms with Gasteiger partial charge in [0.1, 0.15) is 5.75 Å². The first-order valence-electron chi connectivity index (χ1n) is 6.72. The molecule has 0 aliphatic heterocycles. The van der Waals surface area contributed by atoms with E-state index in [1.165, 1.54) is 0 Å². The topological polar surface area (TPSA) is 29.5 Å².